The summed E-state index contributed by atoms with van der Waals surface area (Å²) in [4.78, 5) is 20.0. The van der Waals surface area contributed by atoms with Gasteiger partial charge in [0.05, 0.1) is 12.1 Å². The first kappa shape index (κ1) is 19.9. The molecular formula is C19H17F4N3O2. The lowest BCUT2D eigenvalue weighted by atomic mass is 9.89. The van der Waals surface area contributed by atoms with Gasteiger partial charge < -0.3 is 4.52 Å². The van der Waals surface area contributed by atoms with Gasteiger partial charge in [-0.25, -0.2) is 4.39 Å². The molecule has 0 N–H and O–H groups in total. The molecule has 9 heteroatoms. The van der Waals surface area contributed by atoms with Crippen LogP contribution in [0, 0.1) is 11.2 Å². The number of nitrogens with zero attached hydrogens (tertiary/aromatic N) is 3. The number of Topliss-reactive ketones (excluding diaryl/α,β-unsaturated/α-hetero) is 1. The molecule has 0 amide bonds. The molecule has 5 nitrogen and oxygen atoms in total. The van der Waals surface area contributed by atoms with Gasteiger partial charge in [-0.3, -0.25) is 9.79 Å². The van der Waals surface area contributed by atoms with Gasteiger partial charge in [0.2, 0.25) is 5.82 Å². The van der Waals surface area contributed by atoms with Crippen LogP contribution in [-0.2, 0) is 6.18 Å². The molecule has 1 aromatic carbocycles. The van der Waals surface area contributed by atoms with E-state index in [4.69, 9.17) is 0 Å². The highest BCUT2D eigenvalue weighted by molar-refractivity contribution is 6.04. The summed E-state index contributed by atoms with van der Waals surface area (Å²) in [5, 5.41) is 3.20. The zero-order chi connectivity index (χ0) is 20.7. The number of carbonyl (C=O) groups is 1. The van der Waals surface area contributed by atoms with Crippen LogP contribution in [-0.4, -0.2) is 28.2 Å². The van der Waals surface area contributed by atoms with Crippen LogP contribution < -0.4 is 0 Å². The highest BCUT2D eigenvalue weighted by Crippen LogP contribution is 2.30. The van der Waals surface area contributed by atoms with Crippen molar-refractivity contribution in [2.45, 2.75) is 33.4 Å². The molecule has 0 bridgehead atoms. The number of halogens is 4. The Morgan fingerprint density at radius 2 is 1.93 bits per heavy atom. The Bertz CT molecular complexity index is 982. The molecule has 2 aromatic rings. The SMILES string of the molecule is CC(C)(C)C1=NCC(CC(=O)c2ccc(-c3noc(C(F)(F)F)n3)cc2F)=C1. The number of ketones is 1. The number of aliphatic imine (C=N–C) groups is 1. The lowest BCUT2D eigenvalue weighted by Gasteiger charge is -2.16. The van der Waals surface area contributed by atoms with Crippen LogP contribution >= 0.6 is 0 Å². The van der Waals surface area contributed by atoms with Crippen LogP contribution in [0.5, 0.6) is 0 Å². The Morgan fingerprint density at radius 3 is 2.46 bits per heavy atom. The van der Waals surface area contributed by atoms with Crippen LogP contribution in [0.15, 0.2) is 39.4 Å². The molecule has 1 aliphatic heterocycles. The summed E-state index contributed by atoms with van der Waals surface area (Å²) in [6, 6.07) is 3.40. The van der Waals surface area contributed by atoms with Gasteiger partial charge >= 0.3 is 12.1 Å². The molecule has 0 atom stereocenters. The highest BCUT2D eigenvalue weighted by atomic mass is 19.4. The topological polar surface area (TPSA) is 68.3 Å². The maximum Gasteiger partial charge on any atom is 0.471 e. The van der Waals surface area contributed by atoms with E-state index in [0.717, 1.165) is 17.4 Å². The predicted molar refractivity (Wildman–Crippen MR) is 93.5 cm³/mol. The van der Waals surface area contributed by atoms with Gasteiger partial charge in [-0.1, -0.05) is 32.0 Å². The number of allylic oxidation sites excluding steroid dienone is 1. The Hall–Kier alpha value is -2.84. The summed E-state index contributed by atoms with van der Waals surface area (Å²) in [5.41, 5.74) is 1.34. The van der Waals surface area contributed by atoms with Crippen molar-refractivity contribution in [3.8, 4) is 11.4 Å². The Balaban J connectivity index is 1.76. The fourth-order valence-electron chi connectivity index (χ4n) is 2.67. The predicted octanol–water partition coefficient (Wildman–Crippen LogP) is 4.89. The zero-order valence-electron chi connectivity index (χ0n) is 15.4. The number of benzene rings is 1. The molecule has 3 rings (SSSR count). The number of aromatic nitrogens is 2. The largest absolute Gasteiger partial charge is 0.471 e. The average Bonchev–Trinajstić information content (AvgIpc) is 3.23. The van der Waals surface area contributed by atoms with Crippen LogP contribution in [0.4, 0.5) is 17.6 Å². The molecule has 1 aliphatic rings. The van der Waals surface area contributed by atoms with Crippen molar-refractivity contribution in [3.63, 3.8) is 0 Å². The molecule has 0 saturated heterocycles. The van der Waals surface area contributed by atoms with Gasteiger partial charge in [0, 0.05) is 23.1 Å². The number of hydrogen-bond acceptors (Lipinski definition) is 5. The molecule has 0 saturated carbocycles. The molecule has 0 spiro atoms. The van der Waals surface area contributed by atoms with E-state index in [1.807, 2.05) is 26.8 Å². The first-order valence-electron chi connectivity index (χ1n) is 8.43. The number of carbonyl (C=O) groups excluding carboxylic acids is 1. The molecule has 0 aliphatic carbocycles. The van der Waals surface area contributed by atoms with E-state index in [0.29, 0.717) is 6.54 Å². The summed E-state index contributed by atoms with van der Waals surface area (Å²) in [7, 11) is 0. The summed E-state index contributed by atoms with van der Waals surface area (Å²) in [5.74, 6) is -3.24. The maximum absolute atomic E-state index is 14.4. The first-order valence-corrected chi connectivity index (χ1v) is 8.43. The van der Waals surface area contributed by atoms with Gasteiger partial charge in [-0.15, -0.1) is 0 Å². The second-order valence-corrected chi connectivity index (χ2v) is 7.47. The average molecular weight is 395 g/mol. The van der Waals surface area contributed by atoms with Crippen molar-refractivity contribution in [2.75, 3.05) is 6.54 Å². The van der Waals surface area contributed by atoms with Crippen LogP contribution in [0.1, 0.15) is 43.4 Å². The number of alkyl halides is 3. The smallest absolute Gasteiger partial charge is 0.329 e. The fraction of sp³-hybridized carbons (Fsp3) is 0.368. The van der Waals surface area contributed by atoms with Crippen LogP contribution in [0.2, 0.25) is 0 Å². The van der Waals surface area contributed by atoms with Gasteiger partial charge in [-0.2, -0.15) is 18.2 Å². The quantitative estimate of drug-likeness (QED) is 0.546. The van der Waals surface area contributed by atoms with Crippen molar-refractivity contribution in [3.05, 3.63) is 47.1 Å². The van der Waals surface area contributed by atoms with Gasteiger partial charge in [0.15, 0.2) is 5.78 Å². The van der Waals surface area contributed by atoms with Crippen molar-refractivity contribution in [2.24, 2.45) is 10.4 Å². The fourth-order valence-corrected chi connectivity index (χ4v) is 2.67. The molecule has 28 heavy (non-hydrogen) atoms. The van der Waals surface area contributed by atoms with Crippen LogP contribution in [0.25, 0.3) is 11.4 Å². The van der Waals surface area contributed by atoms with E-state index in [-0.39, 0.29) is 23.0 Å². The number of hydrogen-bond donors (Lipinski definition) is 0. The third-order valence-electron chi connectivity index (χ3n) is 4.15. The minimum Gasteiger partial charge on any atom is -0.329 e. The minimum absolute atomic E-state index is 0.0137. The zero-order valence-corrected chi connectivity index (χ0v) is 15.4. The second-order valence-electron chi connectivity index (χ2n) is 7.47. The Morgan fingerprint density at radius 1 is 1.21 bits per heavy atom. The summed E-state index contributed by atoms with van der Waals surface area (Å²) < 4.78 is 56.1. The monoisotopic (exact) mass is 395 g/mol. The lowest BCUT2D eigenvalue weighted by molar-refractivity contribution is -0.159. The van der Waals surface area contributed by atoms with E-state index in [9.17, 15) is 22.4 Å². The lowest BCUT2D eigenvalue weighted by Crippen LogP contribution is -2.16. The minimum atomic E-state index is -4.79. The molecule has 1 aromatic heterocycles. The van der Waals surface area contributed by atoms with Crippen molar-refractivity contribution >= 4 is 11.5 Å². The number of rotatable bonds is 4. The van der Waals surface area contributed by atoms with E-state index < -0.39 is 29.5 Å². The molecule has 2 heterocycles. The molecule has 0 unspecified atom stereocenters. The van der Waals surface area contributed by atoms with E-state index in [1.54, 1.807) is 0 Å². The summed E-state index contributed by atoms with van der Waals surface area (Å²) in [6.07, 6.45) is -2.93. The molecule has 148 valence electrons. The van der Waals surface area contributed by atoms with Gasteiger partial charge in [0.1, 0.15) is 5.82 Å². The molecular weight excluding hydrogens is 378 g/mol. The molecule has 0 radical (unpaired) electrons. The van der Waals surface area contributed by atoms with Crippen molar-refractivity contribution < 1.29 is 26.9 Å². The van der Waals surface area contributed by atoms with E-state index >= 15 is 0 Å². The highest BCUT2D eigenvalue weighted by Gasteiger charge is 2.38. The standard InChI is InChI=1S/C19H17F4N3O2/c1-18(2,3)15-7-10(9-24-15)6-14(27)12-5-4-11(8-13(12)20)16-25-17(28-26-16)19(21,22)23/h4-5,7-8H,6,9H2,1-3H3. The van der Waals surface area contributed by atoms with E-state index in [1.165, 1.54) is 12.1 Å². The Labute approximate surface area is 158 Å². The Kier molecular flexibility index (Phi) is 4.95. The summed E-state index contributed by atoms with van der Waals surface area (Å²) >= 11 is 0. The second kappa shape index (κ2) is 6.96. The van der Waals surface area contributed by atoms with Crippen molar-refractivity contribution in [1.82, 2.24) is 10.1 Å². The summed E-state index contributed by atoms with van der Waals surface area (Å²) in [6.45, 7) is 6.41. The van der Waals surface area contributed by atoms with E-state index in [2.05, 4.69) is 19.7 Å². The van der Waals surface area contributed by atoms with Gasteiger partial charge in [0.25, 0.3) is 0 Å². The first-order chi connectivity index (χ1) is 12.9. The third-order valence-corrected chi connectivity index (χ3v) is 4.15. The van der Waals surface area contributed by atoms with Crippen LogP contribution in [0.3, 0.4) is 0 Å². The maximum atomic E-state index is 14.4. The third kappa shape index (κ3) is 4.18. The van der Waals surface area contributed by atoms with Crippen molar-refractivity contribution in [1.29, 1.82) is 0 Å². The normalized spacial score (nSPS) is 14.8. The van der Waals surface area contributed by atoms with Gasteiger partial charge in [-0.05, 0) is 23.8 Å². The molecule has 0 fully saturated rings.